The van der Waals surface area contributed by atoms with E-state index in [4.69, 9.17) is 5.11 Å². The lowest BCUT2D eigenvalue weighted by atomic mass is 10.1. The average molecular weight is 1060 g/mol. The van der Waals surface area contributed by atoms with Crippen LogP contribution in [0.3, 0.4) is 0 Å². The highest BCUT2D eigenvalue weighted by molar-refractivity contribution is 7.28. The molecule has 0 radical (unpaired) electrons. The molecule has 20 heteroatoms. The van der Waals surface area contributed by atoms with Gasteiger partial charge < -0.3 is 20.4 Å². The summed E-state index contributed by atoms with van der Waals surface area (Å²) in [5, 5.41) is 44.7. The number of rotatable bonds is 18. The van der Waals surface area contributed by atoms with E-state index in [-0.39, 0.29) is 43.0 Å². The first-order valence-corrected chi connectivity index (χ1v) is 27.1. The van der Waals surface area contributed by atoms with Crippen LogP contribution in [0.1, 0.15) is 65.9 Å². The van der Waals surface area contributed by atoms with Crippen LogP contribution in [0.2, 0.25) is 0 Å². The summed E-state index contributed by atoms with van der Waals surface area (Å²) >= 11 is 12.2. The summed E-state index contributed by atoms with van der Waals surface area (Å²) in [5.41, 5.74) is 2.47. The molecule has 9 rings (SSSR count). The van der Waals surface area contributed by atoms with Gasteiger partial charge in [-0.05, 0) is 111 Å². The Balaban J connectivity index is 0.000000186. The summed E-state index contributed by atoms with van der Waals surface area (Å²) in [6.45, 7) is 0. The van der Waals surface area contributed by atoms with Crippen LogP contribution in [-0.4, -0.2) is 61.7 Å². The quantitative estimate of drug-likeness (QED) is 0.0596. The van der Waals surface area contributed by atoms with Gasteiger partial charge in [0.1, 0.15) is 0 Å². The van der Waals surface area contributed by atoms with E-state index in [1.807, 2.05) is 57.9 Å². The zero-order valence-corrected chi connectivity index (χ0v) is 41.4. The van der Waals surface area contributed by atoms with Crippen LogP contribution in [0, 0.1) is 0 Å². The third-order valence-electron chi connectivity index (χ3n) is 9.55. The minimum atomic E-state index is -0.996. The Morgan fingerprint density at radius 2 is 0.642 bits per heavy atom. The Morgan fingerprint density at radius 1 is 0.328 bits per heavy atom. The van der Waals surface area contributed by atoms with Crippen LogP contribution in [0.5, 0.6) is 0 Å². The van der Waals surface area contributed by atoms with Crippen molar-refractivity contribution in [1.29, 1.82) is 0 Å². The molecule has 0 aliphatic heterocycles. The molecule has 0 unspecified atom stereocenters. The summed E-state index contributed by atoms with van der Waals surface area (Å²) in [6, 6.07) is 24.9. The van der Waals surface area contributed by atoms with Crippen molar-refractivity contribution in [3.63, 3.8) is 0 Å². The van der Waals surface area contributed by atoms with Crippen molar-refractivity contribution in [1.82, 2.24) is 0 Å². The van der Waals surface area contributed by atoms with E-state index in [1.165, 1.54) is 102 Å². The highest BCUT2D eigenvalue weighted by Crippen LogP contribution is 2.46. The Labute approximate surface area is 416 Å². The summed E-state index contributed by atoms with van der Waals surface area (Å²) in [5.74, 6) is -4.23. The van der Waals surface area contributed by atoms with Gasteiger partial charge in [-0.2, -0.15) is 0 Å². The van der Waals surface area contributed by atoms with E-state index in [2.05, 4.69) is 0 Å². The standard InChI is InChI=1S/C26H16O6S5.C21H14O5S4/c27-21(28)11-13-9-19(23(31)15-3-1-7-33-15)36-25(13)17-5-6-18(35-17)26-14(12-22(29)30)10-20(37-26)24(32)16-4-2-8-34-16;22-17(23)9-11-5-7-28-20(11)14-3-4-15(29-14)21-12(10-18(24)25)8-16(30-21)19(26)13-2-1-6-27-13/h1-10H,11-12H2,(H,27,28)(H,29,30);1-8H,9-10H2,(H,22,23)(H,24,25). The van der Waals surface area contributed by atoms with Gasteiger partial charge in [-0.1, -0.05) is 18.2 Å². The second kappa shape index (κ2) is 21.0. The summed E-state index contributed by atoms with van der Waals surface area (Å²) in [4.78, 5) is 93.8. The Hall–Kier alpha value is -5.81. The van der Waals surface area contributed by atoms with Crippen molar-refractivity contribution in [2.24, 2.45) is 0 Å². The number of hydrogen-bond donors (Lipinski definition) is 4. The van der Waals surface area contributed by atoms with Crippen LogP contribution in [0.15, 0.2) is 106 Å². The second-order valence-corrected chi connectivity index (χ2v) is 23.3. The first-order chi connectivity index (χ1) is 32.2. The lowest BCUT2D eigenvalue weighted by Gasteiger charge is -1.99. The molecule has 9 heterocycles. The summed E-state index contributed by atoms with van der Waals surface area (Å²) < 4.78 is 0. The normalized spacial score (nSPS) is 11.0. The van der Waals surface area contributed by atoms with Crippen LogP contribution >= 0.6 is 102 Å². The molecule has 0 bridgehead atoms. The largest absolute Gasteiger partial charge is 0.481 e. The van der Waals surface area contributed by atoms with Crippen LogP contribution in [-0.2, 0) is 44.9 Å². The zero-order valence-electron chi connectivity index (χ0n) is 34.0. The number of carbonyl (C=O) groups excluding carboxylic acids is 3. The van der Waals surface area contributed by atoms with Gasteiger partial charge in [0.25, 0.3) is 0 Å². The lowest BCUT2D eigenvalue weighted by molar-refractivity contribution is -0.137. The van der Waals surface area contributed by atoms with Crippen molar-refractivity contribution in [3.05, 3.63) is 158 Å². The maximum atomic E-state index is 12.9. The smallest absolute Gasteiger partial charge is 0.307 e. The molecule has 0 aromatic carbocycles. The van der Waals surface area contributed by atoms with Crippen molar-refractivity contribution in [2.75, 3.05) is 0 Å². The highest BCUT2D eigenvalue weighted by atomic mass is 32.1. The maximum absolute atomic E-state index is 12.9. The zero-order chi connectivity index (χ0) is 47.4. The number of hydrogen-bond acceptors (Lipinski definition) is 16. The molecule has 11 nitrogen and oxygen atoms in total. The Kier molecular flexibility index (Phi) is 14.9. The van der Waals surface area contributed by atoms with E-state index >= 15 is 0 Å². The van der Waals surface area contributed by atoms with Gasteiger partial charge in [0.15, 0.2) is 0 Å². The molecule has 0 saturated carbocycles. The molecule has 67 heavy (non-hydrogen) atoms. The fraction of sp³-hybridized carbons (Fsp3) is 0.0851. The Morgan fingerprint density at radius 3 is 0.940 bits per heavy atom. The monoisotopic (exact) mass is 1060 g/mol. The molecular formula is C47H30O11S9. The molecule has 9 aromatic heterocycles. The molecule has 338 valence electrons. The minimum Gasteiger partial charge on any atom is -0.481 e. The van der Waals surface area contributed by atoms with Crippen molar-refractivity contribution < 1.29 is 54.0 Å². The molecule has 0 aliphatic carbocycles. The SMILES string of the molecule is O=C(O)Cc1cc(C(=O)c2cccs2)sc1-c1ccc(-c2sc(C(=O)c3cccs3)cc2CC(=O)O)s1.O=C(O)Cc1ccsc1-c1ccc(-c2sc(C(=O)c3cccs3)cc2CC(=O)O)s1. The van der Waals surface area contributed by atoms with E-state index in [1.54, 1.807) is 48.5 Å². The number of ketones is 3. The van der Waals surface area contributed by atoms with Crippen molar-refractivity contribution in [2.45, 2.75) is 25.7 Å². The molecule has 0 aliphatic rings. The molecule has 4 N–H and O–H groups in total. The van der Waals surface area contributed by atoms with Gasteiger partial charge in [0, 0.05) is 39.0 Å². The Bertz CT molecular complexity index is 3150. The molecular weight excluding hydrogens is 1030 g/mol. The van der Waals surface area contributed by atoms with Gasteiger partial charge in [-0.25, -0.2) is 0 Å². The number of thiophene rings is 9. The van der Waals surface area contributed by atoms with Gasteiger partial charge in [-0.15, -0.1) is 102 Å². The number of carbonyl (C=O) groups is 7. The van der Waals surface area contributed by atoms with Gasteiger partial charge in [0.2, 0.25) is 17.3 Å². The van der Waals surface area contributed by atoms with E-state index in [0.29, 0.717) is 55.7 Å². The minimum absolute atomic E-state index is 0.0468. The van der Waals surface area contributed by atoms with Crippen LogP contribution < -0.4 is 0 Å². The topological polar surface area (TPSA) is 200 Å². The van der Waals surface area contributed by atoms with Gasteiger partial charge >= 0.3 is 23.9 Å². The van der Waals surface area contributed by atoms with E-state index in [9.17, 15) is 48.9 Å². The molecule has 0 saturated heterocycles. The third-order valence-corrected chi connectivity index (χ3v) is 19.5. The first kappa shape index (κ1) is 47.7. The number of aliphatic carboxylic acids is 4. The molecule has 9 aromatic rings. The summed E-state index contributed by atoms with van der Waals surface area (Å²) in [6.07, 6.45) is -0.659. The fourth-order valence-corrected chi connectivity index (χ4v) is 15.9. The fourth-order valence-electron chi connectivity index (χ4n) is 6.74. The van der Waals surface area contributed by atoms with Crippen molar-refractivity contribution in [3.8, 4) is 39.0 Å². The lowest BCUT2D eigenvalue weighted by Crippen LogP contribution is -2.00. The predicted octanol–water partition coefficient (Wildman–Crippen LogP) is 12.8. The number of carboxylic acids is 4. The number of carboxylic acid groups (broad SMARTS) is 4. The highest BCUT2D eigenvalue weighted by Gasteiger charge is 2.25. The van der Waals surface area contributed by atoms with Gasteiger partial charge in [0.05, 0.1) is 54.9 Å². The van der Waals surface area contributed by atoms with Crippen molar-refractivity contribution >= 4 is 143 Å². The summed E-state index contributed by atoms with van der Waals surface area (Å²) in [7, 11) is 0. The molecule has 0 amide bonds. The van der Waals surface area contributed by atoms with Crippen LogP contribution in [0.4, 0.5) is 0 Å². The predicted molar refractivity (Wildman–Crippen MR) is 271 cm³/mol. The van der Waals surface area contributed by atoms with E-state index < -0.39 is 23.9 Å². The molecule has 0 spiro atoms. The second-order valence-electron chi connectivity index (χ2n) is 14.2. The van der Waals surface area contributed by atoms with Gasteiger partial charge in [-0.3, -0.25) is 33.6 Å². The third kappa shape index (κ3) is 11.2. The molecule has 0 atom stereocenters. The van der Waals surface area contributed by atoms with Crippen LogP contribution in [0.25, 0.3) is 39.0 Å². The molecule has 0 fully saturated rings. The average Bonchev–Trinajstić information content (AvgIpc) is 4.12. The van der Waals surface area contributed by atoms with E-state index in [0.717, 1.165) is 34.8 Å². The first-order valence-electron chi connectivity index (χ1n) is 19.5. The maximum Gasteiger partial charge on any atom is 0.307 e.